The molecule has 7 aromatic carbocycles. The van der Waals surface area contributed by atoms with Gasteiger partial charge in [0.15, 0.2) is 0 Å². The minimum absolute atomic E-state index is 1.14. The number of aromatic nitrogens is 2. The van der Waals surface area contributed by atoms with Crippen LogP contribution in [-0.2, 0) is 0 Å². The van der Waals surface area contributed by atoms with Crippen LogP contribution in [0.1, 0.15) is 22.3 Å². The number of hydrogen-bond acceptors (Lipinski definition) is 0. The molecule has 206 valence electrons. The molecule has 44 heavy (non-hydrogen) atoms. The van der Waals surface area contributed by atoms with Gasteiger partial charge in [0.2, 0.25) is 0 Å². The van der Waals surface area contributed by atoms with Crippen molar-refractivity contribution in [1.82, 2.24) is 9.13 Å². The third-order valence-corrected chi connectivity index (χ3v) is 8.92. The minimum Gasteiger partial charge on any atom is -0.309 e. The number of benzene rings is 7. The Balaban J connectivity index is 1.59. The predicted molar refractivity (Wildman–Crippen MR) is 188 cm³/mol. The highest BCUT2D eigenvalue weighted by atomic mass is 15.0. The van der Waals surface area contributed by atoms with Gasteiger partial charge in [-0.1, -0.05) is 121 Å². The number of hydrogen-bond donors (Lipinski definition) is 0. The van der Waals surface area contributed by atoms with Gasteiger partial charge in [-0.3, -0.25) is 0 Å². The van der Waals surface area contributed by atoms with E-state index >= 15 is 0 Å². The van der Waals surface area contributed by atoms with Crippen LogP contribution < -0.4 is 0 Å². The smallest absolute Gasteiger partial charge is 0.0562 e. The first-order valence-corrected chi connectivity index (χ1v) is 15.1. The summed E-state index contributed by atoms with van der Waals surface area (Å²) in [5.74, 6) is 0. The van der Waals surface area contributed by atoms with Crippen LogP contribution in [0, 0.1) is 0 Å². The largest absolute Gasteiger partial charge is 0.309 e. The summed E-state index contributed by atoms with van der Waals surface area (Å²) in [5, 5.41) is 4.90. The Hall–Kier alpha value is -5.86. The van der Waals surface area contributed by atoms with Crippen LogP contribution in [-0.4, -0.2) is 9.13 Å². The third-order valence-electron chi connectivity index (χ3n) is 8.92. The van der Waals surface area contributed by atoms with Gasteiger partial charge in [0, 0.05) is 27.5 Å². The SMILES string of the molecule is C1=Cc2ccc3c4c2c(ccc4n(-c2ccccc2)c2cccc4cccc(c42)n3-c2ccccc2)C=Cc2ccccc21. The maximum absolute atomic E-state index is 2.45. The summed E-state index contributed by atoms with van der Waals surface area (Å²) in [7, 11) is 0. The van der Waals surface area contributed by atoms with Crippen molar-refractivity contribution in [2.75, 3.05) is 0 Å². The Bertz CT molecular complexity index is 2310. The number of fused-ring (bicyclic) bond motifs is 1. The first-order chi connectivity index (χ1) is 21.8. The summed E-state index contributed by atoms with van der Waals surface area (Å²) in [4.78, 5) is 0. The second kappa shape index (κ2) is 9.86. The van der Waals surface area contributed by atoms with E-state index in [0.29, 0.717) is 0 Å². The lowest BCUT2D eigenvalue weighted by atomic mass is 9.95. The zero-order valence-electron chi connectivity index (χ0n) is 24.1. The number of nitrogens with zero attached hydrogens (tertiary/aromatic N) is 2. The van der Waals surface area contributed by atoms with Gasteiger partial charge in [0.05, 0.1) is 22.1 Å². The van der Waals surface area contributed by atoms with Crippen LogP contribution >= 0.6 is 0 Å². The van der Waals surface area contributed by atoms with Gasteiger partial charge in [0.1, 0.15) is 0 Å². The van der Waals surface area contributed by atoms with E-state index in [-0.39, 0.29) is 0 Å². The van der Waals surface area contributed by atoms with Crippen molar-refractivity contribution in [1.29, 1.82) is 0 Å². The monoisotopic (exact) mass is 560 g/mol. The molecule has 0 unspecified atom stereocenters. The van der Waals surface area contributed by atoms with Crippen molar-refractivity contribution < 1.29 is 0 Å². The zero-order chi connectivity index (χ0) is 29.0. The van der Waals surface area contributed by atoms with Crippen LogP contribution in [0.15, 0.2) is 146 Å². The zero-order valence-corrected chi connectivity index (χ0v) is 24.1. The van der Waals surface area contributed by atoms with Gasteiger partial charge in [-0.05, 0) is 76.2 Å². The highest BCUT2D eigenvalue weighted by Gasteiger charge is 2.18. The summed E-state index contributed by atoms with van der Waals surface area (Å²) < 4.78 is 4.91. The van der Waals surface area contributed by atoms with E-state index in [0.717, 1.165) is 33.4 Å². The summed E-state index contributed by atoms with van der Waals surface area (Å²) >= 11 is 0. The molecule has 8 aromatic rings. The quantitative estimate of drug-likeness (QED) is 0.199. The molecule has 0 fully saturated rings. The second-order valence-electron chi connectivity index (χ2n) is 11.4. The molecule has 0 N–H and O–H groups in total. The van der Waals surface area contributed by atoms with E-state index in [4.69, 9.17) is 0 Å². The average Bonchev–Trinajstić information content (AvgIpc) is 3.15. The molecule has 0 amide bonds. The number of rotatable bonds is 2. The van der Waals surface area contributed by atoms with Gasteiger partial charge in [-0.25, -0.2) is 0 Å². The molecule has 0 aliphatic heterocycles. The molecule has 2 nitrogen and oxygen atoms in total. The summed E-state index contributed by atoms with van der Waals surface area (Å²) in [5.41, 5.74) is 11.8. The lowest BCUT2D eigenvalue weighted by molar-refractivity contribution is 1.14. The van der Waals surface area contributed by atoms with E-state index in [1.807, 2.05) is 0 Å². The highest BCUT2D eigenvalue weighted by molar-refractivity contribution is 6.18. The highest BCUT2D eigenvalue weighted by Crippen LogP contribution is 2.39. The minimum atomic E-state index is 1.14. The maximum Gasteiger partial charge on any atom is 0.0562 e. The van der Waals surface area contributed by atoms with E-state index in [9.17, 15) is 0 Å². The molecule has 0 atom stereocenters. The molecular weight excluding hydrogens is 532 g/mol. The molecule has 1 aliphatic carbocycles. The van der Waals surface area contributed by atoms with Crippen molar-refractivity contribution in [2.24, 2.45) is 0 Å². The average molecular weight is 561 g/mol. The fourth-order valence-electron chi connectivity index (χ4n) is 6.98. The number of para-hydroxylation sites is 2. The maximum atomic E-state index is 2.45. The summed E-state index contributed by atoms with van der Waals surface area (Å²) in [6, 6.07) is 52.7. The van der Waals surface area contributed by atoms with E-state index in [1.165, 1.54) is 43.8 Å². The van der Waals surface area contributed by atoms with E-state index in [2.05, 4.69) is 179 Å². The van der Waals surface area contributed by atoms with E-state index in [1.54, 1.807) is 0 Å². The standard InChI is InChI=1S/C42H28N2/c1-3-15-34(16-4-1)43-36-19-9-13-31-14-10-20-37(41(31)36)44(35-17-5-2-6-18-35)39-28-26-33-24-22-30-12-8-7-11-29(30)21-23-32-25-27-38(43)42(39)40(32)33/h1-28H. The fraction of sp³-hybridized carbons (Fsp3) is 0. The lowest BCUT2D eigenvalue weighted by Crippen LogP contribution is -2.05. The Morgan fingerprint density at radius 1 is 0.273 bits per heavy atom. The molecule has 1 heterocycles. The van der Waals surface area contributed by atoms with Crippen LogP contribution in [0.25, 0.3) is 79.3 Å². The van der Waals surface area contributed by atoms with Crippen molar-refractivity contribution >= 4 is 67.9 Å². The topological polar surface area (TPSA) is 9.86 Å². The molecule has 0 saturated carbocycles. The molecule has 0 saturated heterocycles. The molecule has 2 heteroatoms. The van der Waals surface area contributed by atoms with Crippen LogP contribution in [0.2, 0.25) is 0 Å². The Labute approximate surface area is 255 Å². The predicted octanol–water partition coefficient (Wildman–Crippen LogP) is 11.1. The molecular formula is C42H28N2. The van der Waals surface area contributed by atoms with Crippen molar-refractivity contribution in [3.8, 4) is 11.4 Å². The molecule has 9 rings (SSSR count). The van der Waals surface area contributed by atoms with Gasteiger partial charge in [-0.2, -0.15) is 0 Å². The second-order valence-corrected chi connectivity index (χ2v) is 11.4. The molecule has 1 aliphatic rings. The molecule has 1 aromatic heterocycles. The Kier molecular flexibility index (Phi) is 5.54. The van der Waals surface area contributed by atoms with Gasteiger partial charge < -0.3 is 9.13 Å². The Morgan fingerprint density at radius 3 is 1.20 bits per heavy atom. The van der Waals surface area contributed by atoms with Crippen molar-refractivity contribution in [2.45, 2.75) is 0 Å². The van der Waals surface area contributed by atoms with Crippen LogP contribution in [0.4, 0.5) is 0 Å². The fourth-order valence-corrected chi connectivity index (χ4v) is 6.98. The van der Waals surface area contributed by atoms with Crippen LogP contribution in [0.3, 0.4) is 0 Å². The van der Waals surface area contributed by atoms with Crippen LogP contribution in [0.5, 0.6) is 0 Å². The van der Waals surface area contributed by atoms with E-state index < -0.39 is 0 Å². The lowest BCUT2D eigenvalue weighted by Gasteiger charge is -2.22. The van der Waals surface area contributed by atoms with Crippen molar-refractivity contribution in [3.05, 3.63) is 168 Å². The first-order valence-electron chi connectivity index (χ1n) is 15.1. The summed E-state index contributed by atoms with van der Waals surface area (Å²) in [6.07, 6.45) is 9.07. The van der Waals surface area contributed by atoms with Crippen molar-refractivity contribution in [3.63, 3.8) is 0 Å². The van der Waals surface area contributed by atoms with Gasteiger partial charge in [0.25, 0.3) is 0 Å². The normalized spacial score (nSPS) is 12.4. The van der Waals surface area contributed by atoms with Gasteiger partial charge >= 0.3 is 0 Å². The first kappa shape index (κ1) is 24.7. The molecule has 0 radical (unpaired) electrons. The third kappa shape index (κ3) is 3.75. The molecule has 0 bridgehead atoms. The summed E-state index contributed by atoms with van der Waals surface area (Å²) in [6.45, 7) is 0. The molecule has 0 spiro atoms. The Morgan fingerprint density at radius 2 is 0.705 bits per heavy atom. The van der Waals surface area contributed by atoms with Gasteiger partial charge in [-0.15, -0.1) is 0 Å².